The van der Waals surface area contributed by atoms with E-state index in [1.54, 1.807) is 12.4 Å². The number of aliphatic hydroxyl groups excluding tert-OH is 1. The van der Waals surface area contributed by atoms with Crippen molar-refractivity contribution in [3.63, 3.8) is 0 Å². The highest BCUT2D eigenvalue weighted by molar-refractivity contribution is 5.10. The van der Waals surface area contributed by atoms with Gasteiger partial charge in [0, 0.05) is 18.9 Å². The molecule has 1 aliphatic rings. The molecular formula is C15H24N2O. The lowest BCUT2D eigenvalue weighted by Gasteiger charge is -2.22. The van der Waals surface area contributed by atoms with Gasteiger partial charge in [-0.2, -0.15) is 0 Å². The fraction of sp³-hybridized carbons (Fsp3) is 0.667. The third-order valence-corrected chi connectivity index (χ3v) is 3.76. The van der Waals surface area contributed by atoms with Crippen LogP contribution in [0.15, 0.2) is 24.5 Å². The molecule has 1 saturated carbocycles. The summed E-state index contributed by atoms with van der Waals surface area (Å²) in [7, 11) is 0. The van der Waals surface area contributed by atoms with Crippen molar-refractivity contribution in [3.05, 3.63) is 30.1 Å². The number of nitrogens with one attached hydrogen (secondary N) is 1. The lowest BCUT2D eigenvalue weighted by molar-refractivity contribution is 0.168. The molecule has 3 heteroatoms. The van der Waals surface area contributed by atoms with Crippen LogP contribution >= 0.6 is 0 Å². The van der Waals surface area contributed by atoms with Crippen molar-refractivity contribution in [1.82, 2.24) is 10.3 Å². The maximum Gasteiger partial charge on any atom is 0.0704 e. The van der Waals surface area contributed by atoms with Gasteiger partial charge in [-0.05, 0) is 49.4 Å². The molecule has 2 N–H and O–H groups in total. The maximum absolute atomic E-state index is 9.95. The minimum Gasteiger partial charge on any atom is -0.391 e. The second-order valence-electron chi connectivity index (χ2n) is 5.38. The topological polar surface area (TPSA) is 45.1 Å². The Morgan fingerprint density at radius 2 is 1.94 bits per heavy atom. The lowest BCUT2D eigenvalue weighted by atomic mass is 9.89. The van der Waals surface area contributed by atoms with Crippen LogP contribution in [0.25, 0.3) is 0 Å². The second-order valence-corrected chi connectivity index (χ2v) is 5.38. The first-order chi connectivity index (χ1) is 8.84. The van der Waals surface area contributed by atoms with E-state index in [-0.39, 0.29) is 6.10 Å². The average Bonchev–Trinajstić information content (AvgIpc) is 2.41. The minimum absolute atomic E-state index is 0.295. The van der Waals surface area contributed by atoms with Crippen LogP contribution in [0.1, 0.15) is 37.7 Å². The van der Waals surface area contributed by atoms with Crippen LogP contribution in [0.4, 0.5) is 0 Å². The molecule has 0 unspecified atom stereocenters. The molecule has 0 bridgehead atoms. The van der Waals surface area contributed by atoms with Gasteiger partial charge in [0.25, 0.3) is 0 Å². The number of nitrogens with zero attached hydrogens (tertiary/aromatic N) is 1. The molecule has 2 rings (SSSR count). The normalized spacial score (nSPS) is 18.7. The molecule has 0 aliphatic heterocycles. The summed E-state index contributed by atoms with van der Waals surface area (Å²) in [6.07, 6.45) is 10.8. The third-order valence-electron chi connectivity index (χ3n) is 3.76. The zero-order valence-electron chi connectivity index (χ0n) is 11.0. The number of pyridine rings is 1. The van der Waals surface area contributed by atoms with E-state index in [2.05, 4.69) is 10.3 Å². The number of aliphatic hydroxyl groups is 1. The van der Waals surface area contributed by atoms with E-state index in [1.165, 1.54) is 32.1 Å². The second kappa shape index (κ2) is 7.49. The van der Waals surface area contributed by atoms with Crippen molar-refractivity contribution < 1.29 is 5.11 Å². The van der Waals surface area contributed by atoms with Crippen LogP contribution in [0.3, 0.4) is 0 Å². The average molecular weight is 248 g/mol. The predicted molar refractivity (Wildman–Crippen MR) is 73.4 cm³/mol. The Bertz CT molecular complexity index is 323. The van der Waals surface area contributed by atoms with E-state index >= 15 is 0 Å². The summed E-state index contributed by atoms with van der Waals surface area (Å²) in [4.78, 5) is 3.98. The van der Waals surface area contributed by atoms with E-state index in [0.29, 0.717) is 13.0 Å². The molecule has 0 saturated heterocycles. The number of hydrogen-bond acceptors (Lipinski definition) is 3. The van der Waals surface area contributed by atoms with Crippen LogP contribution in [-0.2, 0) is 6.42 Å². The molecule has 1 atom stereocenters. The van der Waals surface area contributed by atoms with Crippen molar-refractivity contribution >= 4 is 0 Å². The van der Waals surface area contributed by atoms with Gasteiger partial charge in [-0.25, -0.2) is 0 Å². The maximum atomic E-state index is 9.95. The molecule has 1 aliphatic carbocycles. The molecule has 1 heterocycles. The molecule has 0 amide bonds. The first kappa shape index (κ1) is 13.5. The van der Waals surface area contributed by atoms with Gasteiger partial charge in [-0.3, -0.25) is 4.98 Å². The van der Waals surface area contributed by atoms with E-state index in [0.717, 1.165) is 18.0 Å². The minimum atomic E-state index is -0.295. The Morgan fingerprint density at radius 3 is 2.67 bits per heavy atom. The van der Waals surface area contributed by atoms with Gasteiger partial charge >= 0.3 is 0 Å². The summed E-state index contributed by atoms with van der Waals surface area (Å²) in [6.45, 7) is 1.76. The SMILES string of the molecule is O[C@H](CNCC1CCCCC1)Cc1ccncc1. The fourth-order valence-electron chi connectivity index (χ4n) is 2.71. The summed E-state index contributed by atoms with van der Waals surface area (Å²) >= 11 is 0. The molecule has 1 fully saturated rings. The monoisotopic (exact) mass is 248 g/mol. The molecule has 0 spiro atoms. The molecule has 100 valence electrons. The molecule has 18 heavy (non-hydrogen) atoms. The summed E-state index contributed by atoms with van der Waals surface area (Å²) in [5.41, 5.74) is 1.15. The van der Waals surface area contributed by atoms with Crippen molar-refractivity contribution in [3.8, 4) is 0 Å². The third kappa shape index (κ3) is 4.75. The van der Waals surface area contributed by atoms with Crippen molar-refractivity contribution in [2.75, 3.05) is 13.1 Å². The summed E-state index contributed by atoms with van der Waals surface area (Å²) in [6, 6.07) is 3.93. The van der Waals surface area contributed by atoms with Gasteiger partial charge in [0.05, 0.1) is 6.10 Å². The largest absolute Gasteiger partial charge is 0.391 e. The zero-order valence-corrected chi connectivity index (χ0v) is 11.0. The Morgan fingerprint density at radius 1 is 1.22 bits per heavy atom. The first-order valence-electron chi connectivity index (χ1n) is 7.12. The number of hydrogen-bond donors (Lipinski definition) is 2. The smallest absolute Gasteiger partial charge is 0.0704 e. The van der Waals surface area contributed by atoms with Gasteiger partial charge in [-0.1, -0.05) is 19.3 Å². The van der Waals surface area contributed by atoms with Crippen LogP contribution in [0, 0.1) is 5.92 Å². The molecule has 1 aromatic heterocycles. The lowest BCUT2D eigenvalue weighted by Crippen LogP contribution is -2.32. The predicted octanol–water partition coefficient (Wildman–Crippen LogP) is 2.15. The molecule has 1 aromatic rings. The number of aromatic nitrogens is 1. The Kier molecular flexibility index (Phi) is 5.62. The van der Waals surface area contributed by atoms with Gasteiger partial charge in [0.15, 0.2) is 0 Å². The van der Waals surface area contributed by atoms with Gasteiger partial charge in [0.1, 0.15) is 0 Å². The van der Waals surface area contributed by atoms with E-state index < -0.39 is 0 Å². The highest BCUT2D eigenvalue weighted by Gasteiger charge is 2.13. The van der Waals surface area contributed by atoms with E-state index in [9.17, 15) is 5.11 Å². The molecule has 0 aromatic carbocycles. The van der Waals surface area contributed by atoms with Crippen LogP contribution in [0.2, 0.25) is 0 Å². The summed E-state index contributed by atoms with van der Waals surface area (Å²) < 4.78 is 0. The Hall–Kier alpha value is -0.930. The van der Waals surface area contributed by atoms with Gasteiger partial charge in [-0.15, -0.1) is 0 Å². The van der Waals surface area contributed by atoms with Gasteiger partial charge in [0.2, 0.25) is 0 Å². The van der Waals surface area contributed by atoms with E-state index in [4.69, 9.17) is 0 Å². The summed E-state index contributed by atoms with van der Waals surface area (Å²) in [5, 5.41) is 13.4. The first-order valence-corrected chi connectivity index (χ1v) is 7.12. The van der Waals surface area contributed by atoms with Crippen LogP contribution in [-0.4, -0.2) is 29.3 Å². The fourth-order valence-corrected chi connectivity index (χ4v) is 2.71. The molecular weight excluding hydrogens is 224 g/mol. The Labute approximate surface area is 110 Å². The number of rotatable bonds is 6. The van der Waals surface area contributed by atoms with E-state index in [1.807, 2.05) is 12.1 Å². The quantitative estimate of drug-likeness (QED) is 0.811. The summed E-state index contributed by atoms with van der Waals surface area (Å²) in [5.74, 6) is 0.826. The molecule has 0 radical (unpaired) electrons. The highest BCUT2D eigenvalue weighted by atomic mass is 16.3. The van der Waals surface area contributed by atoms with Crippen molar-refractivity contribution in [2.24, 2.45) is 5.92 Å². The molecule has 3 nitrogen and oxygen atoms in total. The van der Waals surface area contributed by atoms with Crippen molar-refractivity contribution in [1.29, 1.82) is 0 Å². The Balaban J connectivity index is 1.61. The van der Waals surface area contributed by atoms with Gasteiger partial charge < -0.3 is 10.4 Å². The van der Waals surface area contributed by atoms with Crippen LogP contribution < -0.4 is 5.32 Å². The highest BCUT2D eigenvalue weighted by Crippen LogP contribution is 2.22. The standard InChI is InChI=1S/C15H24N2O/c18-15(10-13-6-8-16-9-7-13)12-17-11-14-4-2-1-3-5-14/h6-9,14-15,17-18H,1-5,10-12H2/t15-/m0/s1. The zero-order chi connectivity index (χ0) is 12.6. The van der Waals surface area contributed by atoms with Crippen LogP contribution in [0.5, 0.6) is 0 Å². The van der Waals surface area contributed by atoms with Crippen molar-refractivity contribution in [2.45, 2.75) is 44.6 Å².